The van der Waals surface area contributed by atoms with E-state index in [0.29, 0.717) is 31.4 Å². The summed E-state index contributed by atoms with van der Waals surface area (Å²) in [4.78, 5) is 26.5. The molecule has 1 amide bonds. The molecule has 1 fully saturated rings. The van der Waals surface area contributed by atoms with E-state index in [-0.39, 0.29) is 12.5 Å². The number of aliphatic hydroxyl groups is 2. The largest absolute Gasteiger partial charge is 0.394 e. The van der Waals surface area contributed by atoms with Crippen molar-refractivity contribution in [2.75, 3.05) is 69.3 Å². The monoisotopic (exact) mass is 352 g/mol. The minimum absolute atomic E-state index is 0.0539. The molecular formula is C16H28N6O3. The number of carbonyl (C=O) groups excluding carboxylic acids is 1. The van der Waals surface area contributed by atoms with E-state index in [1.165, 1.54) is 0 Å². The van der Waals surface area contributed by atoms with Gasteiger partial charge in [0.2, 0.25) is 11.9 Å². The van der Waals surface area contributed by atoms with Crippen LogP contribution in [0.5, 0.6) is 0 Å². The first-order chi connectivity index (χ1) is 12.0. The van der Waals surface area contributed by atoms with Crippen LogP contribution in [0, 0.1) is 0 Å². The summed E-state index contributed by atoms with van der Waals surface area (Å²) in [6.45, 7) is 6.08. The van der Waals surface area contributed by atoms with Crippen LogP contribution in [-0.2, 0) is 4.79 Å². The van der Waals surface area contributed by atoms with Crippen LogP contribution in [0.3, 0.4) is 0 Å². The predicted molar refractivity (Wildman–Crippen MR) is 95.7 cm³/mol. The molecule has 0 bridgehead atoms. The fraction of sp³-hybridized carbons (Fsp3) is 0.688. The van der Waals surface area contributed by atoms with Gasteiger partial charge in [-0.2, -0.15) is 4.98 Å². The van der Waals surface area contributed by atoms with E-state index in [4.69, 9.17) is 5.11 Å². The van der Waals surface area contributed by atoms with Crippen molar-refractivity contribution >= 4 is 17.7 Å². The van der Waals surface area contributed by atoms with Gasteiger partial charge in [0.1, 0.15) is 5.82 Å². The molecule has 2 heterocycles. The van der Waals surface area contributed by atoms with Crippen LogP contribution in [0.15, 0.2) is 12.3 Å². The minimum atomic E-state index is -0.804. The number of anilines is 2. The zero-order valence-electron chi connectivity index (χ0n) is 14.9. The highest BCUT2D eigenvalue weighted by Crippen LogP contribution is 2.15. The summed E-state index contributed by atoms with van der Waals surface area (Å²) in [7, 11) is 1.81. The van der Waals surface area contributed by atoms with E-state index in [0.717, 1.165) is 26.2 Å². The molecule has 1 aliphatic heterocycles. The Balaban J connectivity index is 1.90. The maximum absolute atomic E-state index is 11.7. The van der Waals surface area contributed by atoms with Gasteiger partial charge < -0.3 is 25.3 Å². The Morgan fingerprint density at radius 3 is 2.76 bits per heavy atom. The van der Waals surface area contributed by atoms with Crippen LogP contribution < -0.4 is 15.1 Å². The Morgan fingerprint density at radius 1 is 1.40 bits per heavy atom. The van der Waals surface area contributed by atoms with Gasteiger partial charge in [-0.25, -0.2) is 4.98 Å². The molecule has 2 rings (SSSR count). The number of carbonyl (C=O) groups is 1. The van der Waals surface area contributed by atoms with Crippen LogP contribution in [-0.4, -0.2) is 96.6 Å². The molecule has 0 radical (unpaired) electrons. The predicted octanol–water partition coefficient (Wildman–Crippen LogP) is -1.48. The fourth-order valence-corrected chi connectivity index (χ4v) is 2.73. The highest BCUT2D eigenvalue weighted by Gasteiger charge is 2.21. The first kappa shape index (κ1) is 19.4. The van der Waals surface area contributed by atoms with Gasteiger partial charge in [-0.15, -0.1) is 0 Å². The summed E-state index contributed by atoms with van der Waals surface area (Å²) in [5, 5.41) is 21.3. The van der Waals surface area contributed by atoms with Gasteiger partial charge >= 0.3 is 0 Å². The molecule has 1 saturated heterocycles. The van der Waals surface area contributed by atoms with Gasteiger partial charge in [0.25, 0.3) is 0 Å². The zero-order valence-corrected chi connectivity index (χ0v) is 14.9. The first-order valence-corrected chi connectivity index (χ1v) is 8.60. The van der Waals surface area contributed by atoms with Gasteiger partial charge in [-0.3, -0.25) is 9.69 Å². The number of aliphatic hydroxyl groups excluding tert-OH is 2. The number of nitrogens with zero attached hydrogens (tertiary/aromatic N) is 5. The number of piperazine rings is 1. The van der Waals surface area contributed by atoms with E-state index in [1.807, 2.05) is 14.0 Å². The summed E-state index contributed by atoms with van der Waals surface area (Å²) in [6.07, 6.45) is 0.891. The van der Waals surface area contributed by atoms with Crippen LogP contribution in [0.4, 0.5) is 11.8 Å². The quantitative estimate of drug-likeness (QED) is 0.521. The van der Waals surface area contributed by atoms with Gasteiger partial charge in [0.15, 0.2) is 0 Å². The van der Waals surface area contributed by atoms with Crippen molar-refractivity contribution in [3.8, 4) is 0 Å². The SMILES string of the molecule is CCNC(=O)CN1CCN(c2nccc(N(C)C[C@H](O)CO)n2)CC1. The normalized spacial score (nSPS) is 16.6. The summed E-state index contributed by atoms with van der Waals surface area (Å²) in [6, 6.07) is 1.78. The highest BCUT2D eigenvalue weighted by atomic mass is 16.3. The molecule has 3 N–H and O–H groups in total. The second-order valence-electron chi connectivity index (χ2n) is 6.15. The molecule has 1 aliphatic rings. The average molecular weight is 352 g/mol. The van der Waals surface area contributed by atoms with Crippen molar-refractivity contribution in [2.45, 2.75) is 13.0 Å². The van der Waals surface area contributed by atoms with Crippen LogP contribution in [0.2, 0.25) is 0 Å². The van der Waals surface area contributed by atoms with Gasteiger partial charge in [-0.05, 0) is 13.0 Å². The zero-order chi connectivity index (χ0) is 18.2. The average Bonchev–Trinajstić information content (AvgIpc) is 2.62. The van der Waals surface area contributed by atoms with Crippen molar-refractivity contribution in [3.05, 3.63) is 12.3 Å². The Kier molecular flexibility index (Phi) is 7.35. The molecule has 0 unspecified atom stereocenters. The van der Waals surface area contributed by atoms with E-state index >= 15 is 0 Å². The topological polar surface area (TPSA) is 105 Å². The second kappa shape index (κ2) is 9.50. The molecule has 1 aromatic rings. The molecule has 9 nitrogen and oxygen atoms in total. The number of amides is 1. The van der Waals surface area contributed by atoms with Gasteiger partial charge in [0.05, 0.1) is 19.3 Å². The van der Waals surface area contributed by atoms with E-state index in [1.54, 1.807) is 17.2 Å². The highest BCUT2D eigenvalue weighted by molar-refractivity contribution is 5.77. The summed E-state index contributed by atoms with van der Waals surface area (Å²) in [5.41, 5.74) is 0. The lowest BCUT2D eigenvalue weighted by molar-refractivity contribution is -0.122. The molecule has 0 spiro atoms. The number of hydrogen-bond acceptors (Lipinski definition) is 8. The smallest absolute Gasteiger partial charge is 0.234 e. The van der Waals surface area contributed by atoms with Gasteiger partial charge in [0, 0.05) is 52.5 Å². The minimum Gasteiger partial charge on any atom is -0.394 e. The van der Waals surface area contributed by atoms with Crippen molar-refractivity contribution in [1.29, 1.82) is 0 Å². The summed E-state index contributed by atoms with van der Waals surface area (Å²) < 4.78 is 0. The number of likely N-dealkylation sites (N-methyl/N-ethyl adjacent to an activating group) is 2. The van der Waals surface area contributed by atoms with Crippen LogP contribution in [0.25, 0.3) is 0 Å². The molecule has 9 heteroatoms. The van der Waals surface area contributed by atoms with Crippen molar-refractivity contribution in [1.82, 2.24) is 20.2 Å². The standard InChI is InChI=1S/C16H28N6O3/c1-3-17-15(25)11-21-6-8-22(9-7-21)16-18-5-4-14(19-16)20(2)10-13(24)12-23/h4-5,13,23-24H,3,6-12H2,1-2H3,(H,17,25)/t13-/m0/s1. The fourth-order valence-electron chi connectivity index (χ4n) is 2.73. The summed E-state index contributed by atoms with van der Waals surface area (Å²) in [5.74, 6) is 1.39. The van der Waals surface area contributed by atoms with Gasteiger partial charge in [-0.1, -0.05) is 0 Å². The third-order valence-electron chi connectivity index (χ3n) is 4.11. The molecule has 0 aromatic carbocycles. The Labute approximate surface area is 148 Å². The molecule has 1 atom stereocenters. The molecule has 0 saturated carbocycles. The maximum atomic E-state index is 11.7. The van der Waals surface area contributed by atoms with Crippen molar-refractivity contribution in [3.63, 3.8) is 0 Å². The third-order valence-corrected chi connectivity index (χ3v) is 4.11. The first-order valence-electron chi connectivity index (χ1n) is 8.60. The second-order valence-corrected chi connectivity index (χ2v) is 6.15. The lowest BCUT2D eigenvalue weighted by Crippen LogP contribution is -2.50. The van der Waals surface area contributed by atoms with E-state index < -0.39 is 6.10 Å². The maximum Gasteiger partial charge on any atom is 0.234 e. The number of hydrogen-bond donors (Lipinski definition) is 3. The number of nitrogens with one attached hydrogen (secondary N) is 1. The third kappa shape index (κ3) is 5.80. The lowest BCUT2D eigenvalue weighted by atomic mass is 10.3. The van der Waals surface area contributed by atoms with Crippen LogP contribution >= 0.6 is 0 Å². The van der Waals surface area contributed by atoms with Crippen LogP contribution in [0.1, 0.15) is 6.92 Å². The van der Waals surface area contributed by atoms with E-state index in [9.17, 15) is 9.90 Å². The lowest BCUT2D eigenvalue weighted by Gasteiger charge is -2.34. The number of aromatic nitrogens is 2. The molecule has 0 aliphatic carbocycles. The Bertz CT molecular complexity index is 550. The number of rotatable bonds is 8. The molecule has 1 aromatic heterocycles. The Hall–Kier alpha value is -1.97. The molecule has 25 heavy (non-hydrogen) atoms. The molecule has 140 valence electrons. The van der Waals surface area contributed by atoms with E-state index in [2.05, 4.69) is 25.1 Å². The van der Waals surface area contributed by atoms with Crippen molar-refractivity contribution in [2.24, 2.45) is 0 Å². The van der Waals surface area contributed by atoms with Crippen molar-refractivity contribution < 1.29 is 15.0 Å². The summed E-state index contributed by atoms with van der Waals surface area (Å²) >= 11 is 0. The molecular weight excluding hydrogens is 324 g/mol. The Morgan fingerprint density at radius 2 is 2.12 bits per heavy atom.